The highest BCUT2D eigenvalue weighted by Gasteiger charge is 1.99. The molecule has 0 radical (unpaired) electrons. The molecule has 0 saturated heterocycles. The molecular formula is C45H84O16. The molecule has 0 saturated carbocycles. The maximum atomic E-state index is 5.62. The fourth-order valence-electron chi connectivity index (χ4n) is 5.08. The Kier molecular flexibility index (Phi) is 49.7. The second-order valence-electron chi connectivity index (χ2n) is 13.5. The fourth-order valence-corrected chi connectivity index (χ4v) is 5.08. The van der Waals surface area contributed by atoms with Crippen LogP contribution in [0.2, 0.25) is 0 Å². The molecule has 360 valence electrons. The molecule has 0 amide bonds. The third-order valence-electron chi connectivity index (χ3n) is 8.34. The number of hydrogen-bond acceptors (Lipinski definition) is 16. The van der Waals surface area contributed by atoms with Crippen molar-refractivity contribution in [2.75, 3.05) is 205 Å². The molecule has 16 heteroatoms. The van der Waals surface area contributed by atoms with Crippen LogP contribution in [0.25, 0.3) is 0 Å². The molecule has 0 atom stereocenters. The Bertz CT molecular complexity index is 922. The van der Waals surface area contributed by atoms with E-state index in [1.165, 1.54) is 38.5 Å². The maximum absolute atomic E-state index is 5.62. The van der Waals surface area contributed by atoms with E-state index in [1.54, 1.807) is 0 Å². The number of unbranched alkanes of at least 4 members (excludes halogenated alkanes) is 6. The van der Waals surface area contributed by atoms with Gasteiger partial charge in [0.1, 0.15) is 12.4 Å². The van der Waals surface area contributed by atoms with Gasteiger partial charge in [-0.2, -0.15) is 0 Å². The zero-order chi connectivity index (χ0) is 43.3. The van der Waals surface area contributed by atoms with Gasteiger partial charge in [0.05, 0.1) is 192 Å². The number of benzene rings is 1. The summed E-state index contributed by atoms with van der Waals surface area (Å²) in [6.07, 6.45) is 9.08. The first-order valence-electron chi connectivity index (χ1n) is 22.8. The molecule has 1 aromatic rings. The summed E-state index contributed by atoms with van der Waals surface area (Å²) in [6, 6.07) is 9.67. The minimum atomic E-state index is 0.502. The van der Waals surface area contributed by atoms with E-state index >= 15 is 0 Å². The lowest BCUT2D eigenvalue weighted by Gasteiger charge is -2.09. The van der Waals surface area contributed by atoms with Crippen LogP contribution < -0.4 is 4.74 Å². The Morgan fingerprint density at radius 1 is 0.230 bits per heavy atom. The van der Waals surface area contributed by atoms with Gasteiger partial charge in [0, 0.05) is 6.61 Å². The normalized spacial score (nSPS) is 11.6. The zero-order valence-electron chi connectivity index (χ0n) is 37.8. The molecule has 1 aromatic carbocycles. The number of rotatable bonds is 54. The molecule has 0 aliphatic carbocycles. The van der Waals surface area contributed by atoms with Crippen molar-refractivity contribution in [1.29, 1.82) is 0 Å². The summed E-state index contributed by atoms with van der Waals surface area (Å²) in [5, 5.41) is 0. The van der Waals surface area contributed by atoms with Crippen molar-refractivity contribution in [2.24, 2.45) is 0 Å². The molecule has 1 rings (SSSR count). The Hall–Kier alpha value is -1.58. The van der Waals surface area contributed by atoms with E-state index in [-0.39, 0.29) is 0 Å². The van der Waals surface area contributed by atoms with Gasteiger partial charge in [-0.3, -0.25) is 0 Å². The first-order valence-corrected chi connectivity index (χ1v) is 22.8. The van der Waals surface area contributed by atoms with Crippen molar-refractivity contribution >= 4 is 0 Å². The molecule has 0 unspecified atom stereocenters. The summed E-state index contributed by atoms with van der Waals surface area (Å²) >= 11 is 0. The molecule has 16 nitrogen and oxygen atoms in total. The first kappa shape index (κ1) is 57.4. The molecule has 61 heavy (non-hydrogen) atoms. The topological polar surface area (TPSA) is 148 Å². The van der Waals surface area contributed by atoms with E-state index in [0.717, 1.165) is 18.8 Å². The van der Waals surface area contributed by atoms with E-state index < -0.39 is 0 Å². The molecule has 0 bridgehead atoms. The fraction of sp³-hybridized carbons (Fsp3) is 0.867. The average molecular weight is 881 g/mol. The summed E-state index contributed by atoms with van der Waals surface area (Å²) in [5.41, 5.74) is 0. The zero-order valence-corrected chi connectivity index (χ0v) is 37.8. The second-order valence-corrected chi connectivity index (χ2v) is 13.5. The van der Waals surface area contributed by atoms with E-state index in [0.29, 0.717) is 198 Å². The third kappa shape index (κ3) is 49.3. The quantitative estimate of drug-likeness (QED) is 0.0802. The van der Waals surface area contributed by atoms with Crippen LogP contribution in [0.3, 0.4) is 0 Å². The van der Waals surface area contributed by atoms with Crippen molar-refractivity contribution in [2.45, 2.75) is 51.9 Å². The van der Waals surface area contributed by atoms with Gasteiger partial charge in [0.2, 0.25) is 0 Å². The van der Waals surface area contributed by atoms with Crippen LogP contribution >= 0.6 is 0 Å². The SMILES string of the molecule is CCCCCCCCCOCCOCCOCCOCCOCCOCCOCCOCCOCCOCCOCCOCCOCCOCCOCCOc1ccccc1. The van der Waals surface area contributed by atoms with Gasteiger partial charge in [-0.25, -0.2) is 0 Å². The highest BCUT2D eigenvalue weighted by atomic mass is 16.6. The monoisotopic (exact) mass is 881 g/mol. The van der Waals surface area contributed by atoms with Crippen LogP contribution in [0.1, 0.15) is 51.9 Å². The minimum absolute atomic E-state index is 0.502. The van der Waals surface area contributed by atoms with Crippen LogP contribution in [0.4, 0.5) is 0 Å². The summed E-state index contributed by atoms with van der Waals surface area (Å²) in [7, 11) is 0. The number of para-hydroxylation sites is 1. The standard InChI is InChI=1S/C45H84O16/c1-2-3-4-5-6-7-11-14-46-15-16-47-17-18-48-19-20-49-21-22-50-23-24-51-25-26-52-27-28-53-29-30-54-31-32-55-33-34-56-35-36-57-37-38-58-39-40-59-41-42-60-43-44-61-45-12-9-8-10-13-45/h8-10,12-13H,2-7,11,14-44H2,1H3. The Morgan fingerprint density at radius 2 is 0.443 bits per heavy atom. The van der Waals surface area contributed by atoms with Crippen LogP contribution in [0.5, 0.6) is 5.75 Å². The summed E-state index contributed by atoms with van der Waals surface area (Å²) in [4.78, 5) is 0. The molecule has 0 spiro atoms. The van der Waals surface area contributed by atoms with Crippen LogP contribution in [-0.2, 0) is 71.1 Å². The largest absolute Gasteiger partial charge is 0.491 e. The molecule has 0 aliphatic heterocycles. The average Bonchev–Trinajstić information content (AvgIpc) is 3.28. The second kappa shape index (κ2) is 52.8. The number of hydrogen-bond donors (Lipinski definition) is 0. The maximum Gasteiger partial charge on any atom is 0.119 e. The highest BCUT2D eigenvalue weighted by molar-refractivity contribution is 5.20. The van der Waals surface area contributed by atoms with E-state index in [4.69, 9.17) is 75.8 Å². The minimum Gasteiger partial charge on any atom is -0.491 e. The molecular weight excluding hydrogens is 796 g/mol. The van der Waals surface area contributed by atoms with E-state index in [1.807, 2.05) is 30.3 Å². The first-order chi connectivity index (χ1) is 30.4. The highest BCUT2D eigenvalue weighted by Crippen LogP contribution is 2.08. The van der Waals surface area contributed by atoms with Crippen molar-refractivity contribution in [3.8, 4) is 5.75 Å². The van der Waals surface area contributed by atoms with E-state index in [2.05, 4.69) is 6.92 Å². The smallest absolute Gasteiger partial charge is 0.119 e. The van der Waals surface area contributed by atoms with Gasteiger partial charge in [-0.05, 0) is 18.6 Å². The third-order valence-corrected chi connectivity index (χ3v) is 8.34. The van der Waals surface area contributed by atoms with Gasteiger partial charge < -0.3 is 75.8 Å². The van der Waals surface area contributed by atoms with Gasteiger partial charge in [-0.15, -0.1) is 0 Å². The number of ether oxygens (including phenoxy) is 16. The van der Waals surface area contributed by atoms with Gasteiger partial charge in [0.15, 0.2) is 0 Å². The lowest BCUT2D eigenvalue weighted by molar-refractivity contribution is -0.0301. The van der Waals surface area contributed by atoms with Crippen molar-refractivity contribution in [3.05, 3.63) is 30.3 Å². The predicted octanol–water partition coefficient (Wildman–Crippen LogP) is 5.07. The molecule has 0 N–H and O–H groups in total. The Balaban J connectivity index is 1.59. The van der Waals surface area contributed by atoms with Crippen LogP contribution in [0.15, 0.2) is 30.3 Å². The van der Waals surface area contributed by atoms with Crippen LogP contribution in [-0.4, -0.2) is 205 Å². The Labute approximate surface area is 367 Å². The summed E-state index contributed by atoms with van der Waals surface area (Å²) in [6.45, 7) is 18.7. The molecule has 0 aliphatic rings. The molecule has 0 fully saturated rings. The predicted molar refractivity (Wildman–Crippen MR) is 232 cm³/mol. The summed E-state index contributed by atoms with van der Waals surface area (Å²) < 4.78 is 88.3. The lowest BCUT2D eigenvalue weighted by Crippen LogP contribution is -2.16. The van der Waals surface area contributed by atoms with Crippen molar-refractivity contribution in [1.82, 2.24) is 0 Å². The summed E-state index contributed by atoms with van der Waals surface area (Å²) in [5.74, 6) is 0.842. The molecule has 0 heterocycles. The van der Waals surface area contributed by atoms with Gasteiger partial charge >= 0.3 is 0 Å². The molecule has 0 aromatic heterocycles. The van der Waals surface area contributed by atoms with Gasteiger partial charge in [0.25, 0.3) is 0 Å². The van der Waals surface area contributed by atoms with Crippen molar-refractivity contribution in [3.63, 3.8) is 0 Å². The van der Waals surface area contributed by atoms with Gasteiger partial charge in [-0.1, -0.05) is 63.6 Å². The van der Waals surface area contributed by atoms with E-state index in [9.17, 15) is 0 Å². The van der Waals surface area contributed by atoms with Crippen LogP contribution in [0, 0.1) is 0 Å². The lowest BCUT2D eigenvalue weighted by atomic mass is 10.1. The van der Waals surface area contributed by atoms with Crippen molar-refractivity contribution < 1.29 is 75.8 Å². The Morgan fingerprint density at radius 3 is 0.705 bits per heavy atom.